The molecule has 1 aromatic heterocycles. The van der Waals surface area contributed by atoms with Crippen LogP contribution in [-0.4, -0.2) is 33.4 Å². The Morgan fingerprint density at radius 3 is 2.64 bits per heavy atom. The van der Waals surface area contributed by atoms with Crippen LogP contribution < -0.4 is 11.1 Å². The normalized spacial score (nSPS) is 11.6. The predicted molar refractivity (Wildman–Crippen MR) is 89.3 cm³/mol. The number of nitrogens with one attached hydrogen (secondary N) is 1. The smallest absolute Gasteiger partial charge is 0.242 e. The molecule has 120 valence electrons. The molecule has 0 saturated heterocycles. The summed E-state index contributed by atoms with van der Waals surface area (Å²) in [4.78, 5) is 11.7. The zero-order valence-electron chi connectivity index (χ0n) is 12.0. The van der Waals surface area contributed by atoms with Crippen LogP contribution in [0.4, 0.5) is 5.82 Å². The summed E-state index contributed by atoms with van der Waals surface area (Å²) in [7, 11) is 0. The summed E-state index contributed by atoms with van der Waals surface area (Å²) in [6.07, 6.45) is 0. The SMILES string of the molecule is CC(N)C(=O)Nc1cc(-c2ccc(Cl)cc2)nn1CCO.Cl. The Hall–Kier alpha value is -1.60. The first-order valence-corrected chi connectivity index (χ1v) is 6.90. The lowest BCUT2D eigenvalue weighted by Crippen LogP contribution is -2.33. The van der Waals surface area contributed by atoms with Gasteiger partial charge in [-0.25, -0.2) is 4.68 Å². The molecule has 2 rings (SSSR count). The number of nitrogens with zero attached hydrogens (tertiary/aromatic N) is 2. The van der Waals surface area contributed by atoms with Crippen LogP contribution in [0.5, 0.6) is 0 Å². The molecule has 4 N–H and O–H groups in total. The molecule has 1 amide bonds. The molecule has 2 aromatic rings. The van der Waals surface area contributed by atoms with Gasteiger partial charge in [-0.15, -0.1) is 12.4 Å². The van der Waals surface area contributed by atoms with Crippen molar-refractivity contribution in [3.05, 3.63) is 35.4 Å². The lowest BCUT2D eigenvalue weighted by atomic mass is 10.1. The minimum absolute atomic E-state index is 0. The molecule has 1 heterocycles. The van der Waals surface area contributed by atoms with E-state index in [9.17, 15) is 4.79 Å². The van der Waals surface area contributed by atoms with E-state index in [4.69, 9.17) is 22.4 Å². The van der Waals surface area contributed by atoms with E-state index in [1.165, 1.54) is 4.68 Å². The fraction of sp³-hybridized carbons (Fsp3) is 0.286. The molecule has 0 saturated carbocycles. The molecule has 8 heteroatoms. The average Bonchev–Trinajstić information content (AvgIpc) is 2.83. The van der Waals surface area contributed by atoms with Crippen molar-refractivity contribution in [2.24, 2.45) is 5.73 Å². The predicted octanol–water partition coefficient (Wildman–Crippen LogP) is 1.90. The third-order valence-electron chi connectivity index (χ3n) is 2.90. The molecule has 1 aromatic carbocycles. The first kappa shape index (κ1) is 18.4. The Labute approximate surface area is 139 Å². The quantitative estimate of drug-likeness (QED) is 0.772. The zero-order chi connectivity index (χ0) is 15.4. The number of nitrogens with two attached hydrogens (primary N) is 1. The van der Waals surface area contributed by atoms with Crippen molar-refractivity contribution in [3.63, 3.8) is 0 Å². The van der Waals surface area contributed by atoms with Gasteiger partial charge in [-0.05, 0) is 19.1 Å². The standard InChI is InChI=1S/C14H17ClN4O2.ClH/c1-9(16)14(21)17-13-8-12(18-19(13)6-7-20)10-2-4-11(15)5-3-10;/h2-5,8-9,20H,6-7,16H2,1H3,(H,17,21);1H. The minimum atomic E-state index is -0.624. The minimum Gasteiger partial charge on any atom is -0.394 e. The summed E-state index contributed by atoms with van der Waals surface area (Å²) < 4.78 is 1.53. The van der Waals surface area contributed by atoms with E-state index < -0.39 is 6.04 Å². The van der Waals surface area contributed by atoms with E-state index in [1.807, 2.05) is 12.1 Å². The molecule has 1 unspecified atom stereocenters. The van der Waals surface area contributed by atoms with Gasteiger partial charge >= 0.3 is 0 Å². The fourth-order valence-electron chi connectivity index (χ4n) is 1.78. The monoisotopic (exact) mass is 344 g/mol. The highest BCUT2D eigenvalue weighted by molar-refractivity contribution is 6.30. The molecule has 0 aliphatic carbocycles. The first-order valence-electron chi connectivity index (χ1n) is 6.52. The van der Waals surface area contributed by atoms with Crippen LogP contribution in [0.3, 0.4) is 0 Å². The van der Waals surface area contributed by atoms with Gasteiger partial charge in [0.1, 0.15) is 5.82 Å². The average molecular weight is 345 g/mol. The number of hydrogen-bond donors (Lipinski definition) is 3. The molecule has 0 bridgehead atoms. The van der Waals surface area contributed by atoms with Crippen LogP contribution in [0.1, 0.15) is 6.92 Å². The van der Waals surface area contributed by atoms with Crippen molar-refractivity contribution in [1.29, 1.82) is 0 Å². The topological polar surface area (TPSA) is 93.2 Å². The Balaban J connectivity index is 0.00000242. The van der Waals surface area contributed by atoms with Gasteiger partial charge in [0.2, 0.25) is 5.91 Å². The Kier molecular flexibility index (Phi) is 6.83. The van der Waals surface area contributed by atoms with E-state index in [-0.39, 0.29) is 31.5 Å². The van der Waals surface area contributed by atoms with Crippen molar-refractivity contribution in [2.75, 3.05) is 11.9 Å². The van der Waals surface area contributed by atoms with Gasteiger partial charge in [-0.3, -0.25) is 4.79 Å². The van der Waals surface area contributed by atoms with Gasteiger partial charge in [-0.2, -0.15) is 5.10 Å². The maximum Gasteiger partial charge on any atom is 0.242 e. The number of carbonyl (C=O) groups is 1. The van der Waals surface area contributed by atoms with Crippen LogP contribution in [-0.2, 0) is 11.3 Å². The zero-order valence-corrected chi connectivity index (χ0v) is 13.6. The number of aromatic nitrogens is 2. The van der Waals surface area contributed by atoms with Crippen LogP contribution in [0, 0.1) is 0 Å². The second kappa shape index (κ2) is 8.14. The molecule has 0 aliphatic rings. The van der Waals surface area contributed by atoms with Gasteiger partial charge in [0.05, 0.1) is 24.9 Å². The molecule has 0 spiro atoms. The van der Waals surface area contributed by atoms with Gasteiger partial charge in [-0.1, -0.05) is 23.7 Å². The molecular formula is C14H18Cl2N4O2. The summed E-state index contributed by atoms with van der Waals surface area (Å²) in [5, 5.41) is 16.8. The highest BCUT2D eigenvalue weighted by atomic mass is 35.5. The Morgan fingerprint density at radius 2 is 2.09 bits per heavy atom. The van der Waals surface area contributed by atoms with Gasteiger partial charge in [0.15, 0.2) is 0 Å². The molecule has 0 aliphatic heterocycles. The van der Waals surface area contributed by atoms with Crippen molar-refractivity contribution >= 4 is 35.7 Å². The van der Waals surface area contributed by atoms with E-state index in [2.05, 4.69) is 10.4 Å². The molecule has 22 heavy (non-hydrogen) atoms. The summed E-state index contributed by atoms with van der Waals surface area (Å²) >= 11 is 5.86. The summed E-state index contributed by atoms with van der Waals surface area (Å²) in [6, 6.07) is 8.32. The summed E-state index contributed by atoms with van der Waals surface area (Å²) in [5.74, 6) is 0.188. The summed E-state index contributed by atoms with van der Waals surface area (Å²) in [6.45, 7) is 1.80. The number of carbonyl (C=O) groups excluding carboxylic acids is 1. The number of benzene rings is 1. The third kappa shape index (κ3) is 4.45. The lowest BCUT2D eigenvalue weighted by molar-refractivity contribution is -0.117. The maximum atomic E-state index is 11.7. The van der Waals surface area contributed by atoms with Crippen LogP contribution in [0.2, 0.25) is 5.02 Å². The van der Waals surface area contributed by atoms with E-state index >= 15 is 0 Å². The van der Waals surface area contributed by atoms with Crippen LogP contribution in [0.25, 0.3) is 11.3 Å². The van der Waals surface area contributed by atoms with Crippen molar-refractivity contribution < 1.29 is 9.90 Å². The van der Waals surface area contributed by atoms with E-state index in [0.717, 1.165) is 5.56 Å². The second-order valence-corrected chi connectivity index (χ2v) is 5.08. The second-order valence-electron chi connectivity index (χ2n) is 4.65. The lowest BCUT2D eigenvalue weighted by Gasteiger charge is -2.09. The number of aliphatic hydroxyl groups is 1. The van der Waals surface area contributed by atoms with Crippen LogP contribution in [0.15, 0.2) is 30.3 Å². The Morgan fingerprint density at radius 1 is 1.45 bits per heavy atom. The van der Waals surface area contributed by atoms with E-state index in [1.54, 1.807) is 25.1 Å². The molecule has 0 radical (unpaired) electrons. The van der Waals surface area contributed by atoms with Crippen molar-refractivity contribution in [1.82, 2.24) is 9.78 Å². The van der Waals surface area contributed by atoms with Gasteiger partial charge < -0.3 is 16.2 Å². The maximum absolute atomic E-state index is 11.7. The van der Waals surface area contributed by atoms with Crippen molar-refractivity contribution in [3.8, 4) is 11.3 Å². The largest absolute Gasteiger partial charge is 0.394 e. The number of amides is 1. The highest BCUT2D eigenvalue weighted by Gasteiger charge is 2.14. The third-order valence-corrected chi connectivity index (χ3v) is 3.15. The number of aliphatic hydroxyl groups excluding tert-OH is 1. The summed E-state index contributed by atoms with van der Waals surface area (Å²) in [5.41, 5.74) is 7.09. The highest BCUT2D eigenvalue weighted by Crippen LogP contribution is 2.23. The molecule has 6 nitrogen and oxygen atoms in total. The number of rotatable bonds is 5. The number of halogens is 2. The van der Waals surface area contributed by atoms with Gasteiger partial charge in [0.25, 0.3) is 0 Å². The fourth-order valence-corrected chi connectivity index (χ4v) is 1.91. The molecule has 1 atom stereocenters. The first-order chi connectivity index (χ1) is 10.0. The molecule has 0 fully saturated rings. The van der Waals surface area contributed by atoms with Gasteiger partial charge in [0, 0.05) is 16.7 Å². The number of hydrogen-bond acceptors (Lipinski definition) is 4. The van der Waals surface area contributed by atoms with Crippen molar-refractivity contribution in [2.45, 2.75) is 19.5 Å². The Bertz CT molecular complexity index is 626. The van der Waals surface area contributed by atoms with E-state index in [0.29, 0.717) is 16.5 Å². The molecular weight excluding hydrogens is 327 g/mol. The van der Waals surface area contributed by atoms with Crippen LogP contribution >= 0.6 is 24.0 Å². The number of anilines is 1.